The molecule has 29 heavy (non-hydrogen) atoms. The summed E-state index contributed by atoms with van der Waals surface area (Å²) in [5.74, 6) is -0.455. The number of pyridine rings is 1. The normalized spacial score (nSPS) is 12.2. The Labute approximate surface area is 171 Å². The van der Waals surface area contributed by atoms with Crippen LogP contribution in [0.4, 0.5) is 4.39 Å². The molecule has 5 nitrogen and oxygen atoms in total. The smallest absolute Gasteiger partial charge is 0.261 e. The van der Waals surface area contributed by atoms with Crippen LogP contribution in [0.1, 0.15) is 23.0 Å². The number of amides is 1. The number of hydrogen-bond acceptors (Lipinski definition) is 4. The highest BCUT2D eigenvalue weighted by molar-refractivity contribution is 7.12. The number of H-pyrrole nitrogens is 1. The van der Waals surface area contributed by atoms with Crippen molar-refractivity contribution in [2.24, 2.45) is 0 Å². The number of fused-ring (bicyclic) bond motifs is 1. The van der Waals surface area contributed by atoms with Crippen LogP contribution in [0.2, 0.25) is 0 Å². The number of halogens is 1. The van der Waals surface area contributed by atoms with E-state index in [2.05, 4.69) is 15.3 Å². The van der Waals surface area contributed by atoms with Crippen molar-refractivity contribution in [1.29, 1.82) is 0 Å². The van der Waals surface area contributed by atoms with E-state index in [1.165, 1.54) is 23.5 Å². The van der Waals surface area contributed by atoms with E-state index >= 15 is 0 Å². The van der Waals surface area contributed by atoms with Crippen molar-refractivity contribution in [3.05, 3.63) is 64.7 Å². The summed E-state index contributed by atoms with van der Waals surface area (Å²) >= 11 is 1.36. The minimum absolute atomic E-state index is 0.0784. The van der Waals surface area contributed by atoms with E-state index in [0.29, 0.717) is 11.3 Å². The van der Waals surface area contributed by atoms with E-state index in [-0.39, 0.29) is 24.4 Å². The highest BCUT2D eigenvalue weighted by Crippen LogP contribution is 2.29. The first-order valence-corrected chi connectivity index (χ1v) is 10.2. The van der Waals surface area contributed by atoms with Crippen molar-refractivity contribution < 1.29 is 14.3 Å². The van der Waals surface area contributed by atoms with Crippen LogP contribution in [-0.4, -0.2) is 33.6 Å². The summed E-state index contributed by atoms with van der Waals surface area (Å²) in [4.78, 5) is 20.7. The average molecular weight is 409 g/mol. The van der Waals surface area contributed by atoms with Gasteiger partial charge in [-0.1, -0.05) is 6.92 Å². The van der Waals surface area contributed by atoms with Crippen molar-refractivity contribution in [3.63, 3.8) is 0 Å². The van der Waals surface area contributed by atoms with E-state index < -0.39 is 0 Å². The largest absolute Gasteiger partial charge is 0.394 e. The van der Waals surface area contributed by atoms with Gasteiger partial charge >= 0.3 is 0 Å². The SMILES string of the molecule is CCC(CO)NC(=O)c1cc(-c2cnc3[nH]c(-c4ccc(F)cc4)cc3c2)cs1. The summed E-state index contributed by atoms with van der Waals surface area (Å²) in [6.07, 6.45) is 2.44. The number of nitrogens with zero attached hydrogens (tertiary/aromatic N) is 1. The molecule has 0 bridgehead atoms. The third-order valence-corrected chi connectivity index (χ3v) is 5.76. The molecule has 148 valence electrons. The monoisotopic (exact) mass is 409 g/mol. The van der Waals surface area contributed by atoms with Gasteiger partial charge in [0.25, 0.3) is 5.91 Å². The quantitative estimate of drug-likeness (QED) is 0.436. The molecule has 0 radical (unpaired) electrons. The molecular weight excluding hydrogens is 389 g/mol. The molecule has 0 saturated heterocycles. The van der Waals surface area contributed by atoms with Gasteiger partial charge in [-0.3, -0.25) is 4.79 Å². The van der Waals surface area contributed by atoms with Crippen LogP contribution in [-0.2, 0) is 0 Å². The van der Waals surface area contributed by atoms with Gasteiger partial charge in [-0.2, -0.15) is 0 Å². The zero-order chi connectivity index (χ0) is 20.4. The van der Waals surface area contributed by atoms with E-state index in [1.54, 1.807) is 18.3 Å². The van der Waals surface area contributed by atoms with Crippen molar-refractivity contribution in [3.8, 4) is 22.4 Å². The number of nitrogens with one attached hydrogen (secondary N) is 2. The topological polar surface area (TPSA) is 78.0 Å². The second-order valence-electron chi connectivity index (χ2n) is 6.81. The number of carbonyl (C=O) groups is 1. The van der Waals surface area contributed by atoms with Gasteiger partial charge in [-0.05, 0) is 65.4 Å². The molecule has 1 aromatic carbocycles. The third-order valence-electron chi connectivity index (χ3n) is 4.83. The fourth-order valence-electron chi connectivity index (χ4n) is 3.10. The summed E-state index contributed by atoms with van der Waals surface area (Å²) in [6, 6.07) is 11.9. The maximum atomic E-state index is 13.2. The number of carbonyl (C=O) groups excluding carboxylic acids is 1. The molecular formula is C22H20FN3O2S. The number of aromatic amines is 1. The van der Waals surface area contributed by atoms with Gasteiger partial charge in [-0.15, -0.1) is 11.3 Å². The molecule has 3 heterocycles. The predicted octanol–water partition coefficient (Wildman–Crippen LogP) is 4.60. The van der Waals surface area contributed by atoms with E-state index in [4.69, 9.17) is 0 Å². The van der Waals surface area contributed by atoms with Crippen molar-refractivity contribution >= 4 is 28.3 Å². The Balaban J connectivity index is 1.59. The molecule has 0 saturated carbocycles. The molecule has 3 N–H and O–H groups in total. The average Bonchev–Trinajstić information content (AvgIpc) is 3.39. The number of aliphatic hydroxyl groups excluding tert-OH is 1. The molecule has 0 spiro atoms. The van der Waals surface area contributed by atoms with Crippen LogP contribution in [0.3, 0.4) is 0 Å². The number of aliphatic hydroxyl groups is 1. The maximum absolute atomic E-state index is 13.2. The first kappa shape index (κ1) is 19.3. The number of hydrogen-bond donors (Lipinski definition) is 3. The molecule has 4 aromatic rings. The van der Waals surface area contributed by atoms with Gasteiger partial charge in [0.15, 0.2) is 0 Å². The Morgan fingerprint density at radius 2 is 2.00 bits per heavy atom. The molecule has 1 unspecified atom stereocenters. The van der Waals surface area contributed by atoms with Gasteiger partial charge in [0.1, 0.15) is 11.5 Å². The van der Waals surface area contributed by atoms with Crippen LogP contribution in [0.15, 0.2) is 54.0 Å². The zero-order valence-corrected chi connectivity index (χ0v) is 16.6. The van der Waals surface area contributed by atoms with Gasteiger partial charge in [0.2, 0.25) is 0 Å². The molecule has 7 heteroatoms. The third kappa shape index (κ3) is 4.06. The second-order valence-corrected chi connectivity index (χ2v) is 7.72. The Kier molecular flexibility index (Phi) is 5.42. The molecule has 0 fully saturated rings. The molecule has 1 amide bonds. The molecule has 4 rings (SSSR count). The summed E-state index contributed by atoms with van der Waals surface area (Å²) in [7, 11) is 0. The summed E-state index contributed by atoms with van der Waals surface area (Å²) in [6.45, 7) is 1.84. The second kappa shape index (κ2) is 8.14. The summed E-state index contributed by atoms with van der Waals surface area (Å²) in [5, 5.41) is 14.9. The number of aromatic nitrogens is 2. The van der Waals surface area contributed by atoms with Gasteiger partial charge < -0.3 is 15.4 Å². The van der Waals surface area contributed by atoms with E-state index in [0.717, 1.165) is 33.4 Å². The van der Waals surface area contributed by atoms with Crippen LogP contribution in [0.25, 0.3) is 33.4 Å². The lowest BCUT2D eigenvalue weighted by Crippen LogP contribution is -2.36. The lowest BCUT2D eigenvalue weighted by molar-refractivity contribution is 0.0919. The van der Waals surface area contributed by atoms with Crippen molar-refractivity contribution in [2.45, 2.75) is 19.4 Å². The van der Waals surface area contributed by atoms with E-state index in [9.17, 15) is 14.3 Å². The first-order chi connectivity index (χ1) is 14.1. The lowest BCUT2D eigenvalue weighted by Gasteiger charge is -2.12. The number of rotatable bonds is 6. The van der Waals surface area contributed by atoms with Crippen LogP contribution in [0.5, 0.6) is 0 Å². The molecule has 1 atom stereocenters. The zero-order valence-electron chi connectivity index (χ0n) is 15.8. The Hall–Kier alpha value is -3.03. The first-order valence-electron chi connectivity index (χ1n) is 9.32. The predicted molar refractivity (Wildman–Crippen MR) is 113 cm³/mol. The fourth-order valence-corrected chi connectivity index (χ4v) is 3.92. The van der Waals surface area contributed by atoms with E-state index in [1.807, 2.05) is 30.5 Å². The lowest BCUT2D eigenvalue weighted by atomic mass is 10.1. The minimum Gasteiger partial charge on any atom is -0.394 e. The van der Waals surface area contributed by atoms with Crippen molar-refractivity contribution in [2.75, 3.05) is 6.61 Å². The van der Waals surface area contributed by atoms with Gasteiger partial charge in [0.05, 0.1) is 17.5 Å². The molecule has 0 aliphatic heterocycles. The van der Waals surface area contributed by atoms with Gasteiger partial charge in [0, 0.05) is 22.8 Å². The molecule has 3 aromatic heterocycles. The number of benzene rings is 1. The Bertz CT molecular complexity index is 1150. The highest BCUT2D eigenvalue weighted by atomic mass is 32.1. The maximum Gasteiger partial charge on any atom is 0.261 e. The Morgan fingerprint density at radius 1 is 1.21 bits per heavy atom. The fraction of sp³-hybridized carbons (Fsp3) is 0.182. The Morgan fingerprint density at radius 3 is 2.72 bits per heavy atom. The summed E-state index contributed by atoms with van der Waals surface area (Å²) < 4.78 is 13.2. The molecule has 0 aliphatic carbocycles. The molecule has 0 aliphatic rings. The standard InChI is InChI=1S/C22H20FN3O2S/c1-2-18(11-27)25-22(28)20-9-16(12-29-20)15-7-14-8-19(26-21(14)24-10-15)13-3-5-17(23)6-4-13/h3-10,12,18,27H,2,11H2,1H3,(H,24,26)(H,25,28). The van der Waals surface area contributed by atoms with Crippen LogP contribution >= 0.6 is 11.3 Å². The minimum atomic E-state index is -0.271. The van der Waals surface area contributed by atoms with Crippen LogP contribution < -0.4 is 5.32 Å². The number of thiophene rings is 1. The van der Waals surface area contributed by atoms with Crippen molar-refractivity contribution in [1.82, 2.24) is 15.3 Å². The van der Waals surface area contributed by atoms with Crippen LogP contribution in [0, 0.1) is 5.82 Å². The summed E-state index contributed by atoms with van der Waals surface area (Å²) in [5.41, 5.74) is 4.32. The van der Waals surface area contributed by atoms with Gasteiger partial charge in [-0.25, -0.2) is 9.37 Å². The highest BCUT2D eigenvalue weighted by Gasteiger charge is 2.15.